The number of nitrogens with zero attached hydrogens (tertiary/aromatic N) is 1. The van der Waals surface area contributed by atoms with Crippen molar-refractivity contribution in [2.24, 2.45) is 0 Å². The average molecular weight is 224 g/mol. The van der Waals surface area contributed by atoms with Gasteiger partial charge in [0, 0.05) is 6.54 Å². The van der Waals surface area contributed by atoms with E-state index in [-0.39, 0.29) is 16.9 Å². The van der Waals surface area contributed by atoms with Crippen LogP contribution in [0.2, 0.25) is 0 Å². The highest BCUT2D eigenvalue weighted by Gasteiger charge is 2.10. The molecule has 2 heterocycles. The van der Waals surface area contributed by atoms with E-state index < -0.39 is 11.2 Å². The fraction of sp³-hybridized carbons (Fsp3) is 0.444. The van der Waals surface area contributed by atoms with E-state index in [0.29, 0.717) is 6.54 Å². The largest absolute Gasteiger partial charge is 0.327 e. The van der Waals surface area contributed by atoms with Crippen molar-refractivity contribution in [1.82, 2.24) is 19.5 Å². The topological polar surface area (TPSA) is 104 Å². The maximum atomic E-state index is 11.5. The van der Waals surface area contributed by atoms with Crippen LogP contribution >= 0.6 is 0 Å². The lowest BCUT2D eigenvalue weighted by molar-refractivity contribution is 0.624. The van der Waals surface area contributed by atoms with Crippen LogP contribution in [0.15, 0.2) is 14.4 Å². The lowest BCUT2D eigenvalue weighted by Crippen LogP contribution is -2.23. The van der Waals surface area contributed by atoms with Crippen molar-refractivity contribution in [2.45, 2.75) is 26.3 Å². The van der Waals surface area contributed by atoms with E-state index in [1.807, 2.05) is 6.92 Å². The first-order chi connectivity index (χ1) is 7.63. The van der Waals surface area contributed by atoms with Gasteiger partial charge in [-0.15, -0.1) is 0 Å². The van der Waals surface area contributed by atoms with Crippen LogP contribution in [0.4, 0.5) is 0 Å². The molecule has 0 amide bonds. The maximum Gasteiger partial charge on any atom is 0.327 e. The van der Waals surface area contributed by atoms with Crippen molar-refractivity contribution in [1.29, 1.82) is 0 Å². The molecule has 0 atom stereocenters. The third-order valence-corrected chi connectivity index (χ3v) is 2.41. The number of rotatable bonds is 3. The minimum Gasteiger partial charge on any atom is -0.300 e. The summed E-state index contributed by atoms with van der Waals surface area (Å²) in [5, 5.41) is 0. The molecule has 3 N–H and O–H groups in total. The molecule has 0 spiro atoms. The van der Waals surface area contributed by atoms with Crippen molar-refractivity contribution in [3.05, 3.63) is 31.3 Å². The number of fused-ring (bicyclic) bond motifs is 1. The van der Waals surface area contributed by atoms with Crippen LogP contribution in [-0.2, 0) is 6.54 Å². The maximum absolute atomic E-state index is 11.5. The summed E-state index contributed by atoms with van der Waals surface area (Å²) in [7, 11) is 0. The van der Waals surface area contributed by atoms with Gasteiger partial charge in [-0.25, -0.2) is 9.59 Å². The molecular weight excluding hydrogens is 212 g/mol. The SMILES string of the molecule is CCCCn1c(=O)[nH]c2c(=O)[nH]c(=O)[nH]c21. The molecule has 7 heteroatoms. The van der Waals surface area contributed by atoms with E-state index in [0.717, 1.165) is 12.8 Å². The summed E-state index contributed by atoms with van der Waals surface area (Å²) < 4.78 is 1.37. The number of hydrogen-bond donors (Lipinski definition) is 3. The zero-order valence-electron chi connectivity index (χ0n) is 8.79. The van der Waals surface area contributed by atoms with E-state index in [1.54, 1.807) is 0 Å². The molecule has 0 saturated carbocycles. The summed E-state index contributed by atoms with van der Waals surface area (Å²) in [5.74, 6) is 0. The molecule has 2 rings (SSSR count). The molecule has 0 bridgehead atoms. The Morgan fingerprint density at radius 3 is 2.56 bits per heavy atom. The van der Waals surface area contributed by atoms with Crippen molar-refractivity contribution in [2.75, 3.05) is 0 Å². The second-order valence-corrected chi connectivity index (χ2v) is 3.57. The van der Waals surface area contributed by atoms with Gasteiger partial charge in [0.05, 0.1) is 0 Å². The zero-order chi connectivity index (χ0) is 11.7. The zero-order valence-corrected chi connectivity index (χ0v) is 8.79. The van der Waals surface area contributed by atoms with Crippen LogP contribution in [0.3, 0.4) is 0 Å². The van der Waals surface area contributed by atoms with Crippen molar-refractivity contribution in [3.63, 3.8) is 0 Å². The van der Waals surface area contributed by atoms with Gasteiger partial charge in [0.1, 0.15) is 5.65 Å². The summed E-state index contributed by atoms with van der Waals surface area (Å²) >= 11 is 0. The first kappa shape index (κ1) is 10.5. The highest BCUT2D eigenvalue weighted by molar-refractivity contribution is 5.68. The van der Waals surface area contributed by atoms with Gasteiger partial charge in [-0.3, -0.25) is 24.3 Å². The molecule has 0 aromatic carbocycles. The third kappa shape index (κ3) is 1.60. The number of imidazole rings is 1. The van der Waals surface area contributed by atoms with E-state index >= 15 is 0 Å². The normalized spacial score (nSPS) is 11.1. The number of unbranched alkanes of at least 4 members (excludes halogenated alkanes) is 1. The van der Waals surface area contributed by atoms with E-state index in [4.69, 9.17) is 0 Å². The van der Waals surface area contributed by atoms with E-state index in [1.165, 1.54) is 4.57 Å². The second kappa shape index (κ2) is 3.84. The molecule has 0 aliphatic carbocycles. The second-order valence-electron chi connectivity index (χ2n) is 3.57. The summed E-state index contributed by atoms with van der Waals surface area (Å²) in [6, 6.07) is 0. The van der Waals surface area contributed by atoms with Crippen molar-refractivity contribution in [3.8, 4) is 0 Å². The number of aromatic amines is 3. The number of aryl methyl sites for hydroxylation is 1. The Kier molecular flexibility index (Phi) is 2.51. The number of nitrogens with one attached hydrogen (secondary N) is 3. The lowest BCUT2D eigenvalue weighted by atomic mass is 10.3. The van der Waals surface area contributed by atoms with Gasteiger partial charge in [-0.2, -0.15) is 0 Å². The molecule has 2 aromatic heterocycles. The average Bonchev–Trinajstić information content (AvgIpc) is 2.53. The molecule has 0 unspecified atom stereocenters. The molecule has 0 aliphatic rings. The molecule has 7 nitrogen and oxygen atoms in total. The van der Waals surface area contributed by atoms with Crippen molar-refractivity contribution < 1.29 is 0 Å². The number of H-pyrrole nitrogens is 3. The van der Waals surface area contributed by atoms with Crippen LogP contribution in [0.25, 0.3) is 11.2 Å². The van der Waals surface area contributed by atoms with Gasteiger partial charge in [0.25, 0.3) is 5.56 Å². The minimum atomic E-state index is -0.609. The molecular formula is C9H12N4O3. The van der Waals surface area contributed by atoms with Gasteiger partial charge in [-0.1, -0.05) is 13.3 Å². The van der Waals surface area contributed by atoms with Crippen LogP contribution in [0, 0.1) is 0 Å². The van der Waals surface area contributed by atoms with Crippen LogP contribution in [0.5, 0.6) is 0 Å². The third-order valence-electron chi connectivity index (χ3n) is 2.41. The summed E-state index contributed by atoms with van der Waals surface area (Å²) in [6.45, 7) is 2.48. The molecule has 0 saturated heterocycles. The fourth-order valence-corrected chi connectivity index (χ4v) is 1.60. The Labute approximate surface area is 89.1 Å². The number of hydrogen-bond acceptors (Lipinski definition) is 3. The Bertz CT molecular complexity index is 672. The molecule has 0 fully saturated rings. The quantitative estimate of drug-likeness (QED) is 0.655. The van der Waals surface area contributed by atoms with Gasteiger partial charge >= 0.3 is 11.4 Å². The number of aromatic nitrogens is 4. The van der Waals surface area contributed by atoms with Crippen LogP contribution < -0.4 is 16.9 Å². The van der Waals surface area contributed by atoms with Crippen LogP contribution in [0.1, 0.15) is 19.8 Å². The highest BCUT2D eigenvalue weighted by Crippen LogP contribution is 2.00. The van der Waals surface area contributed by atoms with E-state index in [2.05, 4.69) is 15.0 Å². The van der Waals surface area contributed by atoms with Gasteiger partial charge in [0.15, 0.2) is 5.52 Å². The highest BCUT2D eigenvalue weighted by atomic mass is 16.2. The van der Waals surface area contributed by atoms with E-state index in [9.17, 15) is 14.4 Å². The molecule has 0 aliphatic heterocycles. The van der Waals surface area contributed by atoms with Gasteiger partial charge < -0.3 is 0 Å². The standard InChI is InChI=1S/C9H12N4O3/c1-2-3-4-13-6-5(10-9(13)16)7(14)12-8(15)11-6/h2-4H2,1H3,(H,10,16)(H2,11,12,14,15). The first-order valence-electron chi connectivity index (χ1n) is 5.08. The van der Waals surface area contributed by atoms with Crippen LogP contribution in [-0.4, -0.2) is 19.5 Å². The molecule has 86 valence electrons. The summed E-state index contributed by atoms with van der Waals surface area (Å²) in [4.78, 5) is 41.0. The summed E-state index contributed by atoms with van der Waals surface area (Å²) in [5.41, 5.74) is -1.20. The smallest absolute Gasteiger partial charge is 0.300 e. The molecule has 16 heavy (non-hydrogen) atoms. The minimum absolute atomic E-state index is 0.112. The fourth-order valence-electron chi connectivity index (χ4n) is 1.60. The molecule has 0 radical (unpaired) electrons. The molecule has 2 aromatic rings. The Balaban J connectivity index is 2.74. The van der Waals surface area contributed by atoms with Gasteiger partial charge in [-0.05, 0) is 6.42 Å². The first-order valence-corrected chi connectivity index (χ1v) is 5.08. The lowest BCUT2D eigenvalue weighted by Gasteiger charge is -1.99. The Hall–Kier alpha value is -2.05. The Morgan fingerprint density at radius 1 is 1.12 bits per heavy atom. The van der Waals surface area contributed by atoms with Crippen molar-refractivity contribution >= 4 is 11.2 Å². The predicted molar refractivity (Wildman–Crippen MR) is 58.7 cm³/mol. The predicted octanol–water partition coefficient (Wildman–Crippen LogP) is -0.494. The summed E-state index contributed by atoms with van der Waals surface area (Å²) in [6.07, 6.45) is 1.73. The van der Waals surface area contributed by atoms with Gasteiger partial charge in [0.2, 0.25) is 0 Å². The Morgan fingerprint density at radius 2 is 1.88 bits per heavy atom. The monoisotopic (exact) mass is 224 g/mol.